The number of nitrogens with zero attached hydrogens (tertiary/aromatic N) is 3. The Morgan fingerprint density at radius 1 is 1.37 bits per heavy atom. The highest BCUT2D eigenvalue weighted by molar-refractivity contribution is 7.99. The van der Waals surface area contributed by atoms with Gasteiger partial charge in [-0.25, -0.2) is 4.68 Å². The van der Waals surface area contributed by atoms with Crippen molar-refractivity contribution in [2.45, 2.75) is 38.8 Å². The zero-order chi connectivity index (χ0) is 19.2. The number of aromatic nitrogens is 2. The van der Waals surface area contributed by atoms with E-state index in [9.17, 15) is 9.59 Å². The lowest BCUT2D eigenvalue weighted by molar-refractivity contribution is 0.0618. The topological polar surface area (TPSA) is 64.4 Å². The maximum absolute atomic E-state index is 13.5. The van der Waals surface area contributed by atoms with Crippen molar-refractivity contribution in [3.63, 3.8) is 0 Å². The first kappa shape index (κ1) is 19.9. The number of carbonyl (C=O) groups excluding carboxylic acids is 1. The fourth-order valence-corrected chi connectivity index (χ4v) is 4.62. The summed E-state index contributed by atoms with van der Waals surface area (Å²) in [6, 6.07) is 7.47. The summed E-state index contributed by atoms with van der Waals surface area (Å²) < 4.78 is 6.68. The van der Waals surface area contributed by atoms with E-state index in [-0.39, 0.29) is 17.5 Å². The Kier molecular flexibility index (Phi) is 6.90. The van der Waals surface area contributed by atoms with Crippen molar-refractivity contribution in [3.8, 4) is 0 Å². The van der Waals surface area contributed by atoms with Gasteiger partial charge in [-0.3, -0.25) is 9.59 Å². The number of hydrogen-bond acceptors (Lipinski definition) is 5. The summed E-state index contributed by atoms with van der Waals surface area (Å²) in [5, 5.41) is 5.69. The molecule has 2 heterocycles. The Labute approximate surface area is 163 Å². The van der Waals surface area contributed by atoms with Crippen molar-refractivity contribution in [1.29, 1.82) is 0 Å². The Morgan fingerprint density at radius 2 is 2.15 bits per heavy atom. The number of unbranched alkanes of at least 4 members (excludes halogenated alkanes) is 1. The molecule has 1 aliphatic rings. The van der Waals surface area contributed by atoms with E-state index in [0.717, 1.165) is 30.8 Å². The number of benzene rings is 1. The van der Waals surface area contributed by atoms with Gasteiger partial charge >= 0.3 is 0 Å². The van der Waals surface area contributed by atoms with Crippen molar-refractivity contribution in [2.24, 2.45) is 0 Å². The van der Waals surface area contributed by atoms with Crippen molar-refractivity contribution >= 4 is 28.4 Å². The van der Waals surface area contributed by atoms with Gasteiger partial charge in [-0.05, 0) is 24.7 Å². The van der Waals surface area contributed by atoms with Crippen molar-refractivity contribution < 1.29 is 9.53 Å². The summed E-state index contributed by atoms with van der Waals surface area (Å²) >= 11 is 1.87. The van der Waals surface area contributed by atoms with E-state index in [1.54, 1.807) is 13.2 Å². The van der Waals surface area contributed by atoms with Crippen LogP contribution in [0.3, 0.4) is 0 Å². The first-order valence-electron chi connectivity index (χ1n) is 9.54. The second-order valence-electron chi connectivity index (χ2n) is 6.78. The number of carbonyl (C=O) groups is 1. The number of thioether (sulfide) groups is 1. The molecule has 1 aliphatic heterocycles. The monoisotopic (exact) mass is 389 g/mol. The molecule has 1 aromatic heterocycles. The van der Waals surface area contributed by atoms with E-state index in [0.29, 0.717) is 36.2 Å². The van der Waals surface area contributed by atoms with Gasteiger partial charge in [-0.15, -0.1) is 0 Å². The predicted octanol–water partition coefficient (Wildman–Crippen LogP) is 2.79. The molecule has 27 heavy (non-hydrogen) atoms. The van der Waals surface area contributed by atoms with Gasteiger partial charge in [0.15, 0.2) is 5.69 Å². The van der Waals surface area contributed by atoms with Crippen LogP contribution in [0.4, 0.5) is 0 Å². The zero-order valence-corrected chi connectivity index (χ0v) is 16.8. The van der Waals surface area contributed by atoms with E-state index in [1.807, 2.05) is 34.9 Å². The number of fused-ring (bicyclic) bond motifs is 1. The molecular weight excluding hydrogens is 362 g/mol. The predicted molar refractivity (Wildman–Crippen MR) is 110 cm³/mol. The van der Waals surface area contributed by atoms with Crippen LogP contribution in [-0.4, -0.2) is 58.4 Å². The van der Waals surface area contributed by atoms with E-state index in [4.69, 9.17) is 4.74 Å². The lowest BCUT2D eigenvalue weighted by Gasteiger charge is -2.28. The molecule has 0 bridgehead atoms. The Morgan fingerprint density at radius 3 is 2.81 bits per heavy atom. The SMILES string of the molecule is CCCCn1nc(C(=O)N(CCOC)C2CCSC2)c2ccccc2c1=O. The molecule has 0 aliphatic carbocycles. The third-order valence-electron chi connectivity index (χ3n) is 4.94. The number of aryl methyl sites for hydroxylation is 1. The molecule has 0 radical (unpaired) electrons. The van der Waals surface area contributed by atoms with Gasteiger partial charge in [-0.1, -0.05) is 31.5 Å². The van der Waals surface area contributed by atoms with Gasteiger partial charge in [-0.2, -0.15) is 16.9 Å². The molecular formula is C20H27N3O3S. The minimum Gasteiger partial charge on any atom is -0.383 e. The molecule has 1 unspecified atom stereocenters. The second kappa shape index (κ2) is 9.37. The van der Waals surface area contributed by atoms with Crippen LogP contribution in [0.5, 0.6) is 0 Å². The van der Waals surface area contributed by atoms with Crippen LogP contribution >= 0.6 is 11.8 Å². The molecule has 6 nitrogen and oxygen atoms in total. The number of methoxy groups -OCH3 is 1. The third kappa shape index (κ3) is 4.35. The minimum atomic E-state index is -0.129. The first-order valence-corrected chi connectivity index (χ1v) is 10.7. The maximum atomic E-state index is 13.5. The molecule has 146 valence electrons. The van der Waals surface area contributed by atoms with Crippen LogP contribution in [-0.2, 0) is 11.3 Å². The van der Waals surface area contributed by atoms with E-state index < -0.39 is 0 Å². The normalized spacial score (nSPS) is 16.7. The quantitative estimate of drug-likeness (QED) is 0.695. The molecule has 2 aromatic rings. The molecule has 1 amide bonds. The molecule has 1 fully saturated rings. The van der Waals surface area contributed by atoms with Crippen LogP contribution in [0.2, 0.25) is 0 Å². The second-order valence-corrected chi connectivity index (χ2v) is 7.93. The van der Waals surface area contributed by atoms with Gasteiger partial charge < -0.3 is 9.64 Å². The highest BCUT2D eigenvalue weighted by atomic mass is 32.2. The standard InChI is InChI=1S/C20H27N3O3S/c1-3-4-10-23-19(24)17-8-6-5-7-16(17)18(21-23)20(25)22(11-12-26-2)15-9-13-27-14-15/h5-8,15H,3-4,9-14H2,1-2H3. The van der Waals surface area contributed by atoms with Gasteiger partial charge in [0.2, 0.25) is 0 Å². The van der Waals surface area contributed by atoms with Gasteiger partial charge in [0.25, 0.3) is 11.5 Å². The van der Waals surface area contributed by atoms with Crippen LogP contribution in [0, 0.1) is 0 Å². The number of amides is 1. The fourth-order valence-electron chi connectivity index (χ4n) is 3.40. The van der Waals surface area contributed by atoms with Crippen LogP contribution in [0.25, 0.3) is 10.8 Å². The number of hydrogen-bond donors (Lipinski definition) is 0. The molecule has 1 saturated heterocycles. The van der Waals surface area contributed by atoms with Crippen LogP contribution < -0.4 is 5.56 Å². The maximum Gasteiger partial charge on any atom is 0.275 e. The molecule has 3 rings (SSSR count). The van der Waals surface area contributed by atoms with E-state index in [2.05, 4.69) is 12.0 Å². The Hall–Kier alpha value is -1.86. The van der Waals surface area contributed by atoms with Gasteiger partial charge in [0, 0.05) is 37.4 Å². The molecule has 7 heteroatoms. The fraction of sp³-hybridized carbons (Fsp3) is 0.550. The van der Waals surface area contributed by atoms with E-state index >= 15 is 0 Å². The lowest BCUT2D eigenvalue weighted by Crippen LogP contribution is -2.43. The molecule has 1 aromatic carbocycles. The Bertz CT molecular complexity index is 846. The summed E-state index contributed by atoms with van der Waals surface area (Å²) in [4.78, 5) is 28.1. The Balaban J connectivity index is 2.05. The zero-order valence-electron chi connectivity index (χ0n) is 16.0. The van der Waals surface area contributed by atoms with Crippen molar-refractivity contribution in [2.75, 3.05) is 31.8 Å². The van der Waals surface area contributed by atoms with Crippen molar-refractivity contribution in [3.05, 3.63) is 40.3 Å². The summed E-state index contributed by atoms with van der Waals surface area (Å²) in [5.41, 5.74) is 0.241. The summed E-state index contributed by atoms with van der Waals surface area (Å²) in [5.74, 6) is 1.88. The smallest absolute Gasteiger partial charge is 0.275 e. The number of ether oxygens (including phenoxy) is 1. The molecule has 1 atom stereocenters. The minimum absolute atomic E-state index is 0.110. The largest absolute Gasteiger partial charge is 0.383 e. The number of rotatable bonds is 8. The first-order chi connectivity index (χ1) is 13.2. The van der Waals surface area contributed by atoms with Crippen LogP contribution in [0.1, 0.15) is 36.7 Å². The van der Waals surface area contributed by atoms with Crippen molar-refractivity contribution in [1.82, 2.24) is 14.7 Å². The molecule has 0 saturated carbocycles. The average Bonchev–Trinajstić information content (AvgIpc) is 3.22. The summed E-state index contributed by atoms with van der Waals surface area (Å²) in [6.07, 6.45) is 2.79. The van der Waals surface area contributed by atoms with Crippen LogP contribution in [0.15, 0.2) is 29.1 Å². The van der Waals surface area contributed by atoms with E-state index in [1.165, 1.54) is 4.68 Å². The van der Waals surface area contributed by atoms with Gasteiger partial charge in [0.05, 0.1) is 12.0 Å². The average molecular weight is 390 g/mol. The summed E-state index contributed by atoms with van der Waals surface area (Å²) in [7, 11) is 1.64. The third-order valence-corrected chi connectivity index (χ3v) is 6.08. The molecule has 0 N–H and O–H groups in total. The lowest BCUT2D eigenvalue weighted by atomic mass is 10.1. The summed E-state index contributed by atoms with van der Waals surface area (Å²) in [6.45, 7) is 3.62. The highest BCUT2D eigenvalue weighted by Gasteiger charge is 2.30. The molecule has 0 spiro atoms. The highest BCUT2D eigenvalue weighted by Crippen LogP contribution is 2.25. The van der Waals surface area contributed by atoms with Gasteiger partial charge in [0.1, 0.15) is 0 Å².